The van der Waals surface area contributed by atoms with Gasteiger partial charge in [-0.25, -0.2) is 0 Å². The largest absolute Gasteiger partial charge is 0.496 e. The number of methoxy groups -OCH3 is 2. The van der Waals surface area contributed by atoms with Crippen LogP contribution < -0.4 is 9.47 Å². The van der Waals surface area contributed by atoms with Crippen LogP contribution in [-0.2, 0) is 6.42 Å². The van der Waals surface area contributed by atoms with Crippen LogP contribution in [0.5, 0.6) is 11.5 Å². The average Bonchev–Trinajstić information content (AvgIpc) is 2.50. The second-order valence-corrected chi connectivity index (χ2v) is 5.15. The van der Waals surface area contributed by atoms with Crippen molar-refractivity contribution in [2.75, 3.05) is 14.2 Å². The molecule has 0 amide bonds. The third kappa shape index (κ3) is 2.18. The Kier molecular flexibility index (Phi) is 3.72. The summed E-state index contributed by atoms with van der Waals surface area (Å²) >= 11 is 3.44. The number of rotatable bonds is 2. The molecular weight excluding hydrogens is 284 g/mol. The van der Waals surface area contributed by atoms with Crippen LogP contribution in [0.4, 0.5) is 0 Å². The number of ether oxygens (including phenoxy) is 2. The summed E-state index contributed by atoms with van der Waals surface area (Å²) in [6, 6.07) is 3.65. The van der Waals surface area contributed by atoms with Crippen LogP contribution in [0.1, 0.15) is 28.8 Å². The number of ketones is 1. The number of hydrogen-bond acceptors (Lipinski definition) is 3. The van der Waals surface area contributed by atoms with E-state index in [-0.39, 0.29) is 10.6 Å². The number of hydrogen-bond donors (Lipinski definition) is 0. The molecule has 0 N–H and O–H groups in total. The summed E-state index contributed by atoms with van der Waals surface area (Å²) in [6.45, 7) is 0. The second-order valence-electron chi connectivity index (χ2n) is 4.05. The van der Waals surface area contributed by atoms with Crippen molar-refractivity contribution in [3.8, 4) is 11.5 Å². The molecule has 1 aliphatic carbocycles. The van der Waals surface area contributed by atoms with Gasteiger partial charge in [0.2, 0.25) is 0 Å². The lowest BCUT2D eigenvalue weighted by Gasteiger charge is -2.14. The van der Waals surface area contributed by atoms with Gasteiger partial charge in [0.1, 0.15) is 11.5 Å². The molecule has 0 saturated heterocycles. The van der Waals surface area contributed by atoms with Gasteiger partial charge in [-0.1, -0.05) is 15.9 Å². The van der Waals surface area contributed by atoms with Gasteiger partial charge in [0, 0.05) is 5.56 Å². The number of Topliss-reactive ketones (excluding diaryl/α,β-unsaturated/α-hetero) is 1. The molecule has 4 heteroatoms. The highest BCUT2D eigenvalue weighted by atomic mass is 79.9. The van der Waals surface area contributed by atoms with Gasteiger partial charge in [-0.15, -0.1) is 0 Å². The van der Waals surface area contributed by atoms with E-state index < -0.39 is 0 Å². The van der Waals surface area contributed by atoms with Gasteiger partial charge in [-0.2, -0.15) is 0 Å². The maximum Gasteiger partial charge on any atom is 0.180 e. The molecule has 17 heavy (non-hydrogen) atoms. The molecular formula is C13H15BrO3. The number of carbonyl (C=O) groups excluding carboxylic acids is 1. The SMILES string of the molecule is COc1ccc(OC)c2c1CCCC(Br)C2=O. The van der Waals surface area contributed by atoms with Crippen LogP contribution in [-0.4, -0.2) is 24.8 Å². The first-order valence-electron chi connectivity index (χ1n) is 5.61. The minimum absolute atomic E-state index is 0.0910. The highest BCUT2D eigenvalue weighted by molar-refractivity contribution is 9.10. The first-order valence-corrected chi connectivity index (χ1v) is 6.52. The Labute approximate surface area is 109 Å². The van der Waals surface area contributed by atoms with Gasteiger partial charge in [0.25, 0.3) is 0 Å². The molecule has 0 heterocycles. The molecule has 0 aromatic heterocycles. The Morgan fingerprint density at radius 2 is 1.88 bits per heavy atom. The van der Waals surface area contributed by atoms with Crippen LogP contribution >= 0.6 is 15.9 Å². The predicted octanol–water partition coefficient (Wildman–Crippen LogP) is 2.99. The topological polar surface area (TPSA) is 35.5 Å². The Morgan fingerprint density at radius 3 is 2.53 bits per heavy atom. The lowest BCUT2D eigenvalue weighted by Crippen LogP contribution is -2.14. The summed E-state index contributed by atoms with van der Waals surface area (Å²) in [5.41, 5.74) is 1.64. The molecule has 92 valence electrons. The van der Waals surface area contributed by atoms with Gasteiger partial charge in [0.05, 0.1) is 24.6 Å². The van der Waals surface area contributed by atoms with Crippen LogP contribution in [0, 0.1) is 0 Å². The average molecular weight is 299 g/mol. The molecule has 0 saturated carbocycles. The van der Waals surface area contributed by atoms with E-state index in [4.69, 9.17) is 9.47 Å². The van der Waals surface area contributed by atoms with Crippen molar-refractivity contribution in [3.05, 3.63) is 23.3 Å². The van der Waals surface area contributed by atoms with Crippen LogP contribution in [0.3, 0.4) is 0 Å². The standard InChI is InChI=1S/C13H15BrO3/c1-16-10-6-7-11(17-2)12-8(10)4-3-5-9(14)13(12)15/h6-7,9H,3-5H2,1-2H3. The Bertz CT molecular complexity index is 443. The molecule has 0 radical (unpaired) electrons. The van der Waals surface area contributed by atoms with E-state index in [9.17, 15) is 4.79 Å². The highest BCUT2D eigenvalue weighted by Gasteiger charge is 2.28. The van der Waals surface area contributed by atoms with Crippen LogP contribution in [0.2, 0.25) is 0 Å². The summed E-state index contributed by atoms with van der Waals surface area (Å²) < 4.78 is 10.6. The monoisotopic (exact) mass is 298 g/mol. The van der Waals surface area contributed by atoms with Crippen molar-refractivity contribution in [2.45, 2.75) is 24.1 Å². The molecule has 2 rings (SSSR count). The van der Waals surface area contributed by atoms with E-state index in [1.165, 1.54) is 0 Å². The number of fused-ring (bicyclic) bond motifs is 1. The van der Waals surface area contributed by atoms with Gasteiger partial charge in [-0.05, 0) is 31.4 Å². The zero-order chi connectivity index (χ0) is 12.4. The normalized spacial score (nSPS) is 19.5. The summed E-state index contributed by atoms with van der Waals surface area (Å²) in [5.74, 6) is 1.50. The molecule has 1 atom stereocenters. The zero-order valence-corrected chi connectivity index (χ0v) is 11.5. The maximum atomic E-state index is 12.3. The quantitative estimate of drug-likeness (QED) is 0.622. The van der Waals surface area contributed by atoms with Gasteiger partial charge in [-0.3, -0.25) is 4.79 Å². The predicted molar refractivity (Wildman–Crippen MR) is 69.5 cm³/mol. The molecule has 0 aliphatic heterocycles. The minimum atomic E-state index is -0.121. The molecule has 0 spiro atoms. The van der Waals surface area contributed by atoms with Gasteiger partial charge < -0.3 is 9.47 Å². The fraction of sp³-hybridized carbons (Fsp3) is 0.462. The van der Waals surface area contributed by atoms with E-state index in [1.807, 2.05) is 6.07 Å². The Hall–Kier alpha value is -1.03. The first kappa shape index (κ1) is 12.4. The molecule has 3 nitrogen and oxygen atoms in total. The summed E-state index contributed by atoms with van der Waals surface area (Å²) in [7, 11) is 3.21. The third-order valence-electron chi connectivity index (χ3n) is 3.09. The summed E-state index contributed by atoms with van der Waals surface area (Å²) in [5, 5.41) is 0. The fourth-order valence-electron chi connectivity index (χ4n) is 2.23. The van der Waals surface area contributed by atoms with E-state index in [2.05, 4.69) is 15.9 Å². The summed E-state index contributed by atoms with van der Waals surface area (Å²) in [6.07, 6.45) is 2.67. The van der Waals surface area contributed by atoms with Crippen molar-refractivity contribution in [2.24, 2.45) is 0 Å². The van der Waals surface area contributed by atoms with E-state index in [0.717, 1.165) is 30.6 Å². The zero-order valence-electron chi connectivity index (χ0n) is 9.96. The smallest absolute Gasteiger partial charge is 0.180 e. The van der Waals surface area contributed by atoms with Crippen molar-refractivity contribution < 1.29 is 14.3 Å². The lowest BCUT2D eigenvalue weighted by molar-refractivity contribution is 0.0987. The lowest BCUT2D eigenvalue weighted by atomic mass is 10.00. The molecule has 1 unspecified atom stereocenters. The number of alkyl halides is 1. The van der Waals surface area contributed by atoms with Crippen LogP contribution in [0.25, 0.3) is 0 Å². The Balaban J connectivity index is 2.62. The Morgan fingerprint density at radius 1 is 1.24 bits per heavy atom. The minimum Gasteiger partial charge on any atom is -0.496 e. The van der Waals surface area contributed by atoms with Gasteiger partial charge in [0.15, 0.2) is 5.78 Å². The number of halogens is 1. The second kappa shape index (κ2) is 5.08. The van der Waals surface area contributed by atoms with E-state index >= 15 is 0 Å². The number of benzene rings is 1. The number of carbonyl (C=O) groups is 1. The van der Waals surface area contributed by atoms with Crippen molar-refractivity contribution in [1.82, 2.24) is 0 Å². The van der Waals surface area contributed by atoms with Gasteiger partial charge >= 0.3 is 0 Å². The van der Waals surface area contributed by atoms with E-state index in [0.29, 0.717) is 11.3 Å². The molecule has 1 aromatic rings. The third-order valence-corrected chi connectivity index (χ3v) is 3.96. The highest BCUT2D eigenvalue weighted by Crippen LogP contribution is 2.36. The van der Waals surface area contributed by atoms with E-state index in [1.54, 1.807) is 20.3 Å². The molecule has 1 aliphatic rings. The molecule has 0 fully saturated rings. The summed E-state index contributed by atoms with van der Waals surface area (Å²) in [4.78, 5) is 12.2. The van der Waals surface area contributed by atoms with Crippen molar-refractivity contribution in [3.63, 3.8) is 0 Å². The molecule has 0 bridgehead atoms. The van der Waals surface area contributed by atoms with Crippen molar-refractivity contribution >= 4 is 21.7 Å². The first-order chi connectivity index (χ1) is 8.19. The van der Waals surface area contributed by atoms with Crippen molar-refractivity contribution in [1.29, 1.82) is 0 Å². The molecule has 1 aromatic carbocycles. The van der Waals surface area contributed by atoms with Crippen LogP contribution in [0.15, 0.2) is 12.1 Å². The maximum absolute atomic E-state index is 12.3. The fourth-order valence-corrected chi connectivity index (χ4v) is 2.79.